The number of carbonyl (C=O) groups excluding carboxylic acids is 1. The number of benzene rings is 3. The second-order valence-electron chi connectivity index (χ2n) is 20.5. The minimum atomic E-state index is -0.564. The number of ether oxygens (including phenoxy) is 2. The Morgan fingerprint density at radius 2 is 1.82 bits per heavy atom. The molecule has 0 bridgehead atoms. The number of anilines is 2. The molecule has 2 atom stereocenters. The fourth-order valence-corrected chi connectivity index (χ4v) is 13.3. The number of nitrogens with one attached hydrogen (secondary N) is 3. The lowest BCUT2D eigenvalue weighted by Crippen LogP contribution is -2.63. The van der Waals surface area contributed by atoms with Gasteiger partial charge in [0.2, 0.25) is 0 Å². The Kier molecular flexibility index (Phi) is 13.4. The molecule has 14 heteroatoms. The van der Waals surface area contributed by atoms with Gasteiger partial charge in [-0.3, -0.25) is 14.4 Å². The lowest BCUT2D eigenvalue weighted by atomic mass is 9.70. The third kappa shape index (κ3) is 9.42. The summed E-state index contributed by atoms with van der Waals surface area (Å²) in [7, 11) is 0. The highest BCUT2D eigenvalue weighted by atomic mass is 32.2. The van der Waals surface area contributed by atoms with Crippen LogP contribution in [-0.2, 0) is 6.42 Å². The molecule has 2 saturated carbocycles. The Labute approximate surface area is 408 Å². The van der Waals surface area contributed by atoms with Crippen LogP contribution in [0.3, 0.4) is 0 Å². The number of fused-ring (bicyclic) bond motifs is 2. The first-order chi connectivity index (χ1) is 32.9. The molecule has 360 valence electrons. The van der Waals surface area contributed by atoms with Gasteiger partial charge in [0, 0.05) is 62.8 Å². The van der Waals surface area contributed by atoms with E-state index in [-0.39, 0.29) is 22.9 Å². The second kappa shape index (κ2) is 19.5. The minimum Gasteiger partial charge on any atom is -0.475 e. The van der Waals surface area contributed by atoms with Crippen LogP contribution in [0.15, 0.2) is 71.2 Å². The van der Waals surface area contributed by atoms with E-state index in [0.29, 0.717) is 52.8 Å². The van der Waals surface area contributed by atoms with Gasteiger partial charge >= 0.3 is 0 Å². The maximum absolute atomic E-state index is 15.0. The second-order valence-corrected chi connectivity index (χ2v) is 22.2. The summed E-state index contributed by atoms with van der Waals surface area (Å²) >= 11 is 2.85. The van der Waals surface area contributed by atoms with Gasteiger partial charge in [-0.25, -0.2) is 9.37 Å². The van der Waals surface area contributed by atoms with Crippen molar-refractivity contribution in [2.45, 2.75) is 127 Å². The van der Waals surface area contributed by atoms with Gasteiger partial charge < -0.3 is 29.8 Å². The van der Waals surface area contributed by atoms with Crippen molar-refractivity contribution in [3.63, 3.8) is 0 Å². The molecule has 2 saturated heterocycles. The molecule has 2 aliphatic carbocycles. The summed E-state index contributed by atoms with van der Waals surface area (Å²) in [5, 5.41) is 14.5. The van der Waals surface area contributed by atoms with E-state index in [9.17, 15) is 14.3 Å². The Hall–Kier alpha value is -4.89. The molecule has 6 aromatic rings. The van der Waals surface area contributed by atoms with E-state index < -0.39 is 11.4 Å². The van der Waals surface area contributed by atoms with Crippen molar-refractivity contribution >= 4 is 61.8 Å². The minimum absolute atomic E-state index is 0.210. The van der Waals surface area contributed by atoms with E-state index in [4.69, 9.17) is 14.5 Å². The first-order valence-electron chi connectivity index (χ1n) is 24.9. The lowest BCUT2D eigenvalue weighted by Gasteiger charge is -2.57. The number of aromatic amines is 1. The van der Waals surface area contributed by atoms with Crippen LogP contribution in [-0.4, -0.2) is 81.8 Å². The highest BCUT2D eigenvalue weighted by molar-refractivity contribution is 7.98. The van der Waals surface area contributed by atoms with Crippen LogP contribution in [0.1, 0.15) is 131 Å². The fourth-order valence-electron chi connectivity index (χ4n) is 11.6. The third-order valence-corrected chi connectivity index (χ3v) is 17.2. The maximum atomic E-state index is 15.0. The molecule has 1 spiro atoms. The van der Waals surface area contributed by atoms with Crippen molar-refractivity contribution in [3.05, 3.63) is 94.4 Å². The first kappa shape index (κ1) is 46.8. The largest absolute Gasteiger partial charge is 0.475 e. The van der Waals surface area contributed by atoms with E-state index in [2.05, 4.69) is 80.9 Å². The van der Waals surface area contributed by atoms with Gasteiger partial charge in [0.1, 0.15) is 17.2 Å². The molecular formula is C54H66FN7O4S2. The Balaban J connectivity index is 0.867. The van der Waals surface area contributed by atoms with E-state index in [0.717, 1.165) is 110 Å². The van der Waals surface area contributed by atoms with Gasteiger partial charge in [0.25, 0.3) is 11.8 Å². The molecule has 0 unspecified atom stereocenters. The summed E-state index contributed by atoms with van der Waals surface area (Å²) in [6.45, 7) is 15.9. The standard InChI is InChI=1S/C54H66FN7O4S2/c1-6-35-25-46(48-49(67-32-58-48)47(35)56-28-34-17-19-53(5,64)20-18-34)68-60-51(63)40-16-15-36(26-44(40)66-45-27-41-42(55)29-57-50(41)59-52(45)65-7-2)61-23-21-54(22-24-61)30-62(31-54)43-14-10-13-39(43)38-12-9-8-11-37(38)33(3)4/h8-9,11-12,15-16,25-27,29,32-34,39,43,56,64H,6-7,10,13-14,17-24,28,30-31H2,1-5H3,(H,57,59)(H,60,63)/t34?,39-,43-,53?/m0/s1. The number of aryl methyl sites for hydroxylation is 1. The number of thiazole rings is 1. The monoisotopic (exact) mass is 959 g/mol. The molecule has 10 rings (SSSR count). The van der Waals surface area contributed by atoms with Gasteiger partial charge in [0.05, 0.1) is 49.5 Å². The van der Waals surface area contributed by atoms with Crippen LogP contribution in [0.5, 0.6) is 17.4 Å². The van der Waals surface area contributed by atoms with Crippen molar-refractivity contribution in [2.75, 3.05) is 49.5 Å². The zero-order valence-electron chi connectivity index (χ0n) is 40.1. The number of hydrogen-bond donors (Lipinski definition) is 4. The SMILES string of the molecule is CCOc1nc2[nH]cc(F)c2cc1Oc1cc(N2CCC3(CC2)CN([C@H]2CCC[C@H]2c2ccccc2C(C)C)C3)ccc1C(=O)NSc1cc(CC)c(NCC2CCC(C)(O)CC2)c2scnc12. The molecule has 3 aromatic carbocycles. The van der Waals surface area contributed by atoms with Gasteiger partial charge in [-0.05, 0) is 142 Å². The average molecular weight is 960 g/mol. The van der Waals surface area contributed by atoms with Crippen LogP contribution in [0, 0.1) is 17.2 Å². The van der Waals surface area contributed by atoms with Crippen molar-refractivity contribution in [3.8, 4) is 17.4 Å². The number of piperidine rings is 1. The molecule has 3 aromatic heterocycles. The van der Waals surface area contributed by atoms with Gasteiger partial charge in [0.15, 0.2) is 5.75 Å². The van der Waals surface area contributed by atoms with Crippen molar-refractivity contribution < 1.29 is 23.8 Å². The molecule has 11 nitrogen and oxygen atoms in total. The maximum Gasteiger partial charge on any atom is 0.265 e. The van der Waals surface area contributed by atoms with Crippen LogP contribution >= 0.6 is 23.3 Å². The Bertz CT molecular complexity index is 2760. The summed E-state index contributed by atoms with van der Waals surface area (Å²) in [6, 6.07) is 19.3. The van der Waals surface area contributed by atoms with Crippen LogP contribution in [0.4, 0.5) is 15.8 Å². The predicted octanol–water partition coefficient (Wildman–Crippen LogP) is 12.2. The zero-order chi connectivity index (χ0) is 47.2. The number of H-pyrrole nitrogens is 1. The Morgan fingerprint density at radius 1 is 1.03 bits per heavy atom. The number of nitrogens with zero attached hydrogens (tertiary/aromatic N) is 4. The van der Waals surface area contributed by atoms with Crippen molar-refractivity contribution in [2.24, 2.45) is 11.3 Å². The third-order valence-electron chi connectivity index (χ3n) is 15.5. The van der Waals surface area contributed by atoms with Gasteiger partial charge in [-0.15, -0.1) is 11.3 Å². The number of hydrogen-bond acceptors (Lipinski definition) is 11. The van der Waals surface area contributed by atoms with Crippen LogP contribution in [0.2, 0.25) is 0 Å². The van der Waals surface area contributed by atoms with E-state index in [1.807, 2.05) is 37.6 Å². The molecule has 68 heavy (non-hydrogen) atoms. The molecule has 5 heterocycles. The first-order valence-corrected chi connectivity index (χ1v) is 26.6. The zero-order valence-corrected chi connectivity index (χ0v) is 41.8. The summed E-state index contributed by atoms with van der Waals surface area (Å²) in [4.78, 5) is 32.7. The molecule has 2 aliphatic heterocycles. The predicted molar refractivity (Wildman–Crippen MR) is 273 cm³/mol. The van der Waals surface area contributed by atoms with Crippen LogP contribution < -0.4 is 24.4 Å². The smallest absolute Gasteiger partial charge is 0.265 e. The normalized spacial score (nSPS) is 22.8. The average Bonchev–Trinajstić information content (AvgIpc) is 4.11. The lowest BCUT2D eigenvalue weighted by molar-refractivity contribution is -0.0493. The number of aromatic nitrogens is 3. The quantitative estimate of drug-likeness (QED) is 0.0739. The molecule has 4 N–H and O–H groups in total. The van der Waals surface area contributed by atoms with E-state index in [1.54, 1.807) is 23.0 Å². The number of carbonyl (C=O) groups is 1. The summed E-state index contributed by atoms with van der Waals surface area (Å²) < 4.78 is 31.7. The number of pyridine rings is 1. The Morgan fingerprint density at radius 3 is 2.59 bits per heavy atom. The molecule has 4 fully saturated rings. The topological polar surface area (TPSA) is 128 Å². The van der Waals surface area contributed by atoms with E-state index in [1.165, 1.54) is 43.0 Å². The molecule has 1 amide bonds. The van der Waals surface area contributed by atoms with Crippen LogP contribution in [0.25, 0.3) is 21.3 Å². The van der Waals surface area contributed by atoms with Gasteiger partial charge in [-0.1, -0.05) is 51.5 Å². The van der Waals surface area contributed by atoms with E-state index >= 15 is 0 Å². The number of rotatable bonds is 15. The number of halogens is 1. The fraction of sp³-hybridized carbons (Fsp3) is 0.500. The summed E-state index contributed by atoms with van der Waals surface area (Å²) in [5.74, 6) is 1.61. The summed E-state index contributed by atoms with van der Waals surface area (Å²) in [5.41, 5.74) is 9.43. The van der Waals surface area contributed by atoms with Gasteiger partial charge in [-0.2, -0.15) is 4.98 Å². The molecule has 0 radical (unpaired) electrons. The van der Waals surface area contributed by atoms with Crippen molar-refractivity contribution in [1.29, 1.82) is 0 Å². The highest BCUT2D eigenvalue weighted by Gasteiger charge is 2.49. The molecule has 4 aliphatic rings. The number of amides is 1. The van der Waals surface area contributed by atoms with Crippen molar-refractivity contribution in [1.82, 2.24) is 24.6 Å². The molecular weight excluding hydrogens is 894 g/mol. The number of likely N-dealkylation sites (tertiary alicyclic amines) is 1. The summed E-state index contributed by atoms with van der Waals surface area (Å²) in [6.07, 6.45) is 11.7. The number of aliphatic hydroxyl groups is 1. The highest BCUT2D eigenvalue weighted by Crippen LogP contribution is 2.49.